The third-order valence-corrected chi connectivity index (χ3v) is 7.23. The first-order valence-corrected chi connectivity index (χ1v) is 11.5. The van der Waals surface area contributed by atoms with Crippen molar-refractivity contribution in [2.45, 2.75) is 32.6 Å². The Kier molecular flexibility index (Phi) is 6.24. The summed E-state index contributed by atoms with van der Waals surface area (Å²) in [4.78, 5) is 18.8. The van der Waals surface area contributed by atoms with E-state index < -0.39 is 0 Å². The first kappa shape index (κ1) is 19.7. The SMILES string of the molecule is Cc1ccc(Cl)cc1N1CCN(CCNC(=O)c2csc3c2CCCC3)CC1. The molecule has 1 amide bonds. The first-order valence-electron chi connectivity index (χ1n) is 10.2. The van der Waals surface area contributed by atoms with Crippen molar-refractivity contribution in [1.82, 2.24) is 10.2 Å². The van der Waals surface area contributed by atoms with Gasteiger partial charge in [-0.2, -0.15) is 0 Å². The molecule has 1 aromatic heterocycles. The lowest BCUT2D eigenvalue weighted by molar-refractivity contribution is 0.0947. The molecule has 2 heterocycles. The second kappa shape index (κ2) is 8.85. The van der Waals surface area contributed by atoms with E-state index in [1.165, 1.54) is 34.5 Å². The van der Waals surface area contributed by atoms with Crippen LogP contribution >= 0.6 is 22.9 Å². The Morgan fingerprint density at radius 2 is 1.96 bits per heavy atom. The molecule has 4 rings (SSSR count). The molecule has 0 bridgehead atoms. The van der Waals surface area contributed by atoms with Gasteiger partial charge >= 0.3 is 0 Å². The van der Waals surface area contributed by atoms with E-state index in [0.717, 1.165) is 56.2 Å². The van der Waals surface area contributed by atoms with Gasteiger partial charge < -0.3 is 10.2 Å². The number of rotatable bonds is 5. The molecule has 1 fully saturated rings. The maximum atomic E-state index is 12.6. The highest BCUT2D eigenvalue weighted by Crippen LogP contribution is 2.30. The minimum Gasteiger partial charge on any atom is -0.369 e. The minimum absolute atomic E-state index is 0.104. The van der Waals surface area contributed by atoms with E-state index >= 15 is 0 Å². The average molecular weight is 418 g/mol. The van der Waals surface area contributed by atoms with Gasteiger partial charge in [0.2, 0.25) is 0 Å². The van der Waals surface area contributed by atoms with Crippen molar-refractivity contribution in [3.8, 4) is 0 Å². The van der Waals surface area contributed by atoms with Gasteiger partial charge in [0, 0.05) is 60.2 Å². The van der Waals surface area contributed by atoms with Crippen LogP contribution in [-0.2, 0) is 12.8 Å². The number of nitrogens with zero attached hydrogens (tertiary/aromatic N) is 2. The van der Waals surface area contributed by atoms with E-state index in [0.29, 0.717) is 6.54 Å². The molecule has 4 nitrogen and oxygen atoms in total. The summed E-state index contributed by atoms with van der Waals surface area (Å²) in [7, 11) is 0. The van der Waals surface area contributed by atoms with Crippen LogP contribution in [0.2, 0.25) is 5.02 Å². The molecule has 6 heteroatoms. The first-order chi connectivity index (χ1) is 13.6. The molecule has 2 aliphatic rings. The van der Waals surface area contributed by atoms with Crippen molar-refractivity contribution in [2.75, 3.05) is 44.2 Å². The molecule has 1 aliphatic heterocycles. The number of thiophene rings is 1. The van der Waals surface area contributed by atoms with E-state index in [9.17, 15) is 4.79 Å². The molecule has 2 aromatic rings. The molecule has 28 heavy (non-hydrogen) atoms. The summed E-state index contributed by atoms with van der Waals surface area (Å²) in [6.45, 7) is 7.75. The molecule has 0 spiro atoms. The van der Waals surface area contributed by atoms with Gasteiger partial charge in [-0.1, -0.05) is 17.7 Å². The average Bonchev–Trinajstić information content (AvgIpc) is 3.15. The molecule has 1 aromatic carbocycles. The minimum atomic E-state index is 0.104. The fourth-order valence-electron chi connectivity index (χ4n) is 4.24. The zero-order chi connectivity index (χ0) is 19.5. The smallest absolute Gasteiger partial charge is 0.252 e. The van der Waals surface area contributed by atoms with Gasteiger partial charge in [-0.15, -0.1) is 11.3 Å². The number of aryl methyl sites for hydroxylation is 2. The van der Waals surface area contributed by atoms with Gasteiger partial charge in [0.15, 0.2) is 0 Å². The Bertz CT molecular complexity index is 842. The molecular weight excluding hydrogens is 390 g/mol. The monoisotopic (exact) mass is 417 g/mol. The van der Waals surface area contributed by atoms with E-state index in [4.69, 9.17) is 11.6 Å². The topological polar surface area (TPSA) is 35.6 Å². The number of hydrogen-bond acceptors (Lipinski definition) is 4. The molecule has 1 N–H and O–H groups in total. The maximum Gasteiger partial charge on any atom is 0.252 e. The number of piperazine rings is 1. The third kappa shape index (κ3) is 4.37. The summed E-state index contributed by atoms with van der Waals surface area (Å²) in [6, 6.07) is 6.10. The third-order valence-electron chi connectivity index (χ3n) is 5.90. The van der Waals surface area contributed by atoms with Gasteiger partial charge in [-0.3, -0.25) is 9.69 Å². The molecule has 0 saturated carbocycles. The van der Waals surface area contributed by atoms with Crippen LogP contribution in [-0.4, -0.2) is 50.1 Å². The normalized spacial score (nSPS) is 17.4. The van der Waals surface area contributed by atoms with Crippen molar-refractivity contribution in [1.29, 1.82) is 0 Å². The molecule has 1 saturated heterocycles. The van der Waals surface area contributed by atoms with Crippen molar-refractivity contribution < 1.29 is 4.79 Å². The summed E-state index contributed by atoms with van der Waals surface area (Å²) in [5.41, 5.74) is 4.73. The van der Waals surface area contributed by atoms with Crippen molar-refractivity contribution in [3.05, 3.63) is 50.2 Å². The Morgan fingerprint density at radius 3 is 2.79 bits per heavy atom. The largest absolute Gasteiger partial charge is 0.369 e. The number of hydrogen-bond donors (Lipinski definition) is 1. The standard InChI is InChI=1S/C22H28ClN3OS/c1-16-6-7-17(23)14-20(16)26-12-10-25(11-13-26)9-8-24-22(27)19-15-28-21-5-3-2-4-18(19)21/h6-7,14-15H,2-5,8-13H2,1H3,(H,24,27). The fourth-order valence-corrected chi connectivity index (χ4v) is 5.53. The zero-order valence-corrected chi connectivity index (χ0v) is 18.0. The highest BCUT2D eigenvalue weighted by Gasteiger charge is 2.21. The number of carbonyl (C=O) groups excluding carboxylic acids is 1. The molecular formula is C22H28ClN3OS. The van der Waals surface area contributed by atoms with Gasteiger partial charge in [-0.25, -0.2) is 0 Å². The number of halogens is 1. The quantitative estimate of drug-likeness (QED) is 0.794. The van der Waals surface area contributed by atoms with Crippen LogP contribution in [0.15, 0.2) is 23.6 Å². The Morgan fingerprint density at radius 1 is 1.18 bits per heavy atom. The highest BCUT2D eigenvalue weighted by molar-refractivity contribution is 7.10. The Hall–Kier alpha value is -1.56. The fraction of sp³-hybridized carbons (Fsp3) is 0.500. The van der Waals surface area contributed by atoms with E-state index in [2.05, 4.69) is 39.6 Å². The number of nitrogens with one attached hydrogen (secondary N) is 1. The Balaban J connectivity index is 1.24. The molecule has 0 radical (unpaired) electrons. The summed E-state index contributed by atoms with van der Waals surface area (Å²) in [5.74, 6) is 0.104. The lowest BCUT2D eigenvalue weighted by atomic mass is 9.96. The van der Waals surface area contributed by atoms with Crippen LogP contribution in [0.5, 0.6) is 0 Å². The lowest BCUT2D eigenvalue weighted by Gasteiger charge is -2.36. The number of anilines is 1. The van der Waals surface area contributed by atoms with E-state index in [1.54, 1.807) is 11.3 Å². The zero-order valence-electron chi connectivity index (χ0n) is 16.5. The van der Waals surface area contributed by atoms with Gasteiger partial charge in [0.05, 0.1) is 5.56 Å². The van der Waals surface area contributed by atoms with Gasteiger partial charge in [-0.05, 0) is 55.9 Å². The predicted molar refractivity (Wildman–Crippen MR) is 118 cm³/mol. The molecule has 0 unspecified atom stereocenters. The van der Waals surface area contributed by atoms with E-state index in [1.807, 2.05) is 6.07 Å². The summed E-state index contributed by atoms with van der Waals surface area (Å²) in [5, 5.41) is 5.98. The second-order valence-electron chi connectivity index (χ2n) is 7.77. The van der Waals surface area contributed by atoms with Crippen LogP contribution < -0.4 is 10.2 Å². The van der Waals surface area contributed by atoms with Crippen molar-refractivity contribution >= 4 is 34.5 Å². The number of fused-ring (bicyclic) bond motifs is 1. The number of amides is 1. The number of carbonyl (C=O) groups is 1. The van der Waals surface area contributed by atoms with Crippen LogP contribution in [0.25, 0.3) is 0 Å². The van der Waals surface area contributed by atoms with Crippen LogP contribution in [0.3, 0.4) is 0 Å². The summed E-state index contributed by atoms with van der Waals surface area (Å²) < 4.78 is 0. The van der Waals surface area contributed by atoms with Crippen LogP contribution in [0.4, 0.5) is 5.69 Å². The lowest BCUT2D eigenvalue weighted by Crippen LogP contribution is -2.48. The molecule has 0 atom stereocenters. The molecule has 150 valence electrons. The summed E-state index contributed by atoms with van der Waals surface area (Å²) in [6.07, 6.45) is 4.67. The van der Waals surface area contributed by atoms with Gasteiger partial charge in [0.25, 0.3) is 5.91 Å². The molecule has 1 aliphatic carbocycles. The van der Waals surface area contributed by atoms with Crippen molar-refractivity contribution in [3.63, 3.8) is 0 Å². The predicted octanol–water partition coefficient (Wildman–Crippen LogP) is 4.14. The number of benzene rings is 1. The van der Waals surface area contributed by atoms with E-state index in [-0.39, 0.29) is 5.91 Å². The van der Waals surface area contributed by atoms with Gasteiger partial charge in [0.1, 0.15) is 0 Å². The Labute approximate surface area is 176 Å². The second-order valence-corrected chi connectivity index (χ2v) is 9.17. The van der Waals surface area contributed by atoms with Crippen LogP contribution in [0, 0.1) is 6.92 Å². The van der Waals surface area contributed by atoms with Crippen LogP contribution in [0.1, 0.15) is 39.2 Å². The highest BCUT2D eigenvalue weighted by atomic mass is 35.5. The summed E-state index contributed by atoms with van der Waals surface area (Å²) >= 11 is 7.93. The maximum absolute atomic E-state index is 12.6. The van der Waals surface area contributed by atoms with Crippen molar-refractivity contribution in [2.24, 2.45) is 0 Å².